The molecule has 5 aromatic carbocycles. The second kappa shape index (κ2) is 8.19. The van der Waals surface area contributed by atoms with Crippen LogP contribution in [0.5, 0.6) is 0 Å². The molecule has 8 rings (SSSR count). The van der Waals surface area contributed by atoms with Gasteiger partial charge in [0.25, 0.3) is 0 Å². The fourth-order valence-electron chi connectivity index (χ4n) is 5.73. The maximum absolute atomic E-state index is 6.26. The van der Waals surface area contributed by atoms with Crippen molar-refractivity contribution >= 4 is 43.7 Å². The van der Waals surface area contributed by atoms with Crippen LogP contribution in [-0.2, 0) is 0 Å². The maximum atomic E-state index is 6.26. The lowest BCUT2D eigenvalue weighted by molar-refractivity contribution is 0.669. The van der Waals surface area contributed by atoms with Gasteiger partial charge in [-0.1, -0.05) is 78.9 Å². The second-order valence-electron chi connectivity index (χ2n) is 9.63. The van der Waals surface area contributed by atoms with Gasteiger partial charge in [-0.25, -0.2) is 0 Å². The fraction of sp³-hybridized carbons (Fsp3) is 0. The van der Waals surface area contributed by atoms with Crippen LogP contribution in [0.4, 0.5) is 0 Å². The molecular formula is C35H22N2O. The molecule has 0 atom stereocenters. The molecule has 0 aliphatic carbocycles. The lowest BCUT2D eigenvalue weighted by Gasteiger charge is -2.11. The number of hydrogen-bond donors (Lipinski definition) is 0. The molecule has 3 nitrogen and oxygen atoms in total. The van der Waals surface area contributed by atoms with Crippen LogP contribution >= 0.6 is 0 Å². The molecule has 0 bridgehead atoms. The first-order chi connectivity index (χ1) is 18.8. The zero-order chi connectivity index (χ0) is 25.1. The van der Waals surface area contributed by atoms with Gasteiger partial charge in [-0.2, -0.15) is 0 Å². The Bertz CT molecular complexity index is 2120. The zero-order valence-electron chi connectivity index (χ0n) is 20.5. The van der Waals surface area contributed by atoms with Crippen LogP contribution < -0.4 is 0 Å². The van der Waals surface area contributed by atoms with Crippen LogP contribution in [0.15, 0.2) is 138 Å². The highest BCUT2D eigenvalue weighted by Gasteiger charge is 2.18. The van der Waals surface area contributed by atoms with Crippen LogP contribution in [0, 0.1) is 0 Å². The quantitative estimate of drug-likeness (QED) is 0.249. The molecule has 0 saturated heterocycles. The van der Waals surface area contributed by atoms with E-state index in [1.165, 1.54) is 21.9 Å². The monoisotopic (exact) mass is 486 g/mol. The Labute approximate surface area is 219 Å². The van der Waals surface area contributed by atoms with Crippen molar-refractivity contribution in [1.82, 2.24) is 9.55 Å². The number of rotatable bonds is 3. The second-order valence-corrected chi connectivity index (χ2v) is 9.63. The molecule has 3 aromatic heterocycles. The van der Waals surface area contributed by atoms with Gasteiger partial charge in [-0.05, 0) is 59.7 Å². The number of para-hydroxylation sites is 1. The molecule has 0 aliphatic rings. The fourth-order valence-corrected chi connectivity index (χ4v) is 5.73. The minimum Gasteiger partial charge on any atom is -0.456 e. The van der Waals surface area contributed by atoms with E-state index in [1.807, 2.05) is 30.5 Å². The van der Waals surface area contributed by atoms with Gasteiger partial charge >= 0.3 is 0 Å². The molecule has 38 heavy (non-hydrogen) atoms. The predicted octanol–water partition coefficient (Wildman–Crippen LogP) is 9.41. The molecule has 0 spiro atoms. The largest absolute Gasteiger partial charge is 0.456 e. The van der Waals surface area contributed by atoms with Crippen molar-refractivity contribution in [2.75, 3.05) is 0 Å². The van der Waals surface area contributed by atoms with Crippen molar-refractivity contribution in [3.8, 4) is 28.1 Å². The van der Waals surface area contributed by atoms with Gasteiger partial charge in [0.05, 0.1) is 27.8 Å². The van der Waals surface area contributed by atoms with Crippen molar-refractivity contribution in [3.05, 3.63) is 134 Å². The number of nitrogens with zero attached hydrogens (tertiary/aromatic N) is 2. The van der Waals surface area contributed by atoms with E-state index in [2.05, 4.69) is 113 Å². The predicted molar refractivity (Wildman–Crippen MR) is 157 cm³/mol. The number of benzene rings is 5. The normalized spacial score (nSPS) is 11.7. The van der Waals surface area contributed by atoms with Gasteiger partial charge in [0.1, 0.15) is 11.2 Å². The molecule has 0 fully saturated rings. The summed E-state index contributed by atoms with van der Waals surface area (Å²) in [4.78, 5) is 4.60. The van der Waals surface area contributed by atoms with E-state index in [9.17, 15) is 0 Å². The molecule has 178 valence electrons. The van der Waals surface area contributed by atoms with Crippen molar-refractivity contribution in [2.45, 2.75) is 0 Å². The standard InChI is InChI=1S/C35H22N2O/c1-2-9-23(10-3-1)24-16-18-26-28-21-25(29-12-6-7-20-36-29)17-19-30(28)37(32(26)22-24)31-13-8-15-34-35(31)27-11-4-5-14-33(27)38-34/h1-22H. The SMILES string of the molecule is c1ccc(-c2ccc3c4cc(-c5ccccn5)ccc4n(-c4cccc5oc6ccccc6c45)c3c2)cc1. The minimum atomic E-state index is 0.892. The van der Waals surface area contributed by atoms with E-state index in [0.717, 1.165) is 49.9 Å². The molecule has 0 radical (unpaired) electrons. The van der Waals surface area contributed by atoms with Gasteiger partial charge in [-0.15, -0.1) is 0 Å². The Morgan fingerprint density at radius 3 is 2.21 bits per heavy atom. The van der Waals surface area contributed by atoms with Crippen molar-refractivity contribution in [1.29, 1.82) is 0 Å². The van der Waals surface area contributed by atoms with Crippen molar-refractivity contribution < 1.29 is 4.42 Å². The third-order valence-corrected chi connectivity index (χ3v) is 7.46. The summed E-state index contributed by atoms with van der Waals surface area (Å²) in [6.45, 7) is 0. The number of furan rings is 1. The van der Waals surface area contributed by atoms with Crippen molar-refractivity contribution in [2.24, 2.45) is 0 Å². The Hall–Kier alpha value is -5.15. The van der Waals surface area contributed by atoms with Crippen molar-refractivity contribution in [3.63, 3.8) is 0 Å². The van der Waals surface area contributed by atoms with Gasteiger partial charge in [0.15, 0.2) is 0 Å². The first-order valence-corrected chi connectivity index (χ1v) is 12.8. The van der Waals surface area contributed by atoms with E-state index < -0.39 is 0 Å². The zero-order valence-corrected chi connectivity index (χ0v) is 20.5. The van der Waals surface area contributed by atoms with Crippen LogP contribution in [0.3, 0.4) is 0 Å². The number of hydrogen-bond acceptors (Lipinski definition) is 2. The molecule has 0 unspecified atom stereocenters. The Morgan fingerprint density at radius 2 is 1.32 bits per heavy atom. The summed E-state index contributed by atoms with van der Waals surface area (Å²) < 4.78 is 8.66. The third-order valence-electron chi connectivity index (χ3n) is 7.46. The Balaban J connectivity index is 1.50. The highest BCUT2D eigenvalue weighted by atomic mass is 16.3. The summed E-state index contributed by atoms with van der Waals surface area (Å²) in [5.41, 5.74) is 9.70. The topological polar surface area (TPSA) is 31.0 Å². The van der Waals surface area contributed by atoms with Gasteiger partial charge < -0.3 is 8.98 Å². The highest BCUT2D eigenvalue weighted by molar-refractivity contribution is 6.15. The molecule has 0 N–H and O–H groups in total. The molecule has 0 amide bonds. The first-order valence-electron chi connectivity index (χ1n) is 12.8. The molecule has 8 aromatic rings. The molecular weight excluding hydrogens is 464 g/mol. The van der Waals surface area contributed by atoms with E-state index in [0.29, 0.717) is 0 Å². The van der Waals surface area contributed by atoms with Gasteiger partial charge in [0, 0.05) is 27.9 Å². The maximum Gasteiger partial charge on any atom is 0.137 e. The van der Waals surface area contributed by atoms with E-state index >= 15 is 0 Å². The molecule has 3 heteroatoms. The lowest BCUT2D eigenvalue weighted by atomic mass is 10.0. The Morgan fingerprint density at radius 1 is 0.500 bits per heavy atom. The summed E-state index contributed by atoms with van der Waals surface area (Å²) in [6, 6.07) is 44.7. The molecule has 3 heterocycles. The van der Waals surface area contributed by atoms with Crippen LogP contribution in [0.2, 0.25) is 0 Å². The van der Waals surface area contributed by atoms with Crippen LogP contribution in [0.25, 0.3) is 71.8 Å². The third kappa shape index (κ3) is 3.12. The summed E-state index contributed by atoms with van der Waals surface area (Å²) in [6.07, 6.45) is 1.85. The Kier molecular flexibility index (Phi) is 4.52. The average Bonchev–Trinajstić information content (AvgIpc) is 3.53. The average molecular weight is 487 g/mol. The summed E-state index contributed by atoms with van der Waals surface area (Å²) in [5, 5.41) is 4.66. The van der Waals surface area contributed by atoms with Gasteiger partial charge in [-0.3, -0.25) is 4.98 Å². The minimum absolute atomic E-state index is 0.892. The number of fused-ring (bicyclic) bond motifs is 6. The smallest absolute Gasteiger partial charge is 0.137 e. The number of aromatic nitrogens is 2. The summed E-state index contributed by atoms with van der Waals surface area (Å²) in [5.74, 6) is 0. The first kappa shape index (κ1) is 21.0. The van der Waals surface area contributed by atoms with Crippen LogP contribution in [-0.4, -0.2) is 9.55 Å². The number of pyridine rings is 1. The lowest BCUT2D eigenvalue weighted by Crippen LogP contribution is -1.95. The summed E-state index contributed by atoms with van der Waals surface area (Å²) in [7, 11) is 0. The molecule has 0 saturated carbocycles. The molecule has 0 aliphatic heterocycles. The van der Waals surface area contributed by atoms with E-state index in [1.54, 1.807) is 0 Å². The van der Waals surface area contributed by atoms with E-state index in [-0.39, 0.29) is 0 Å². The van der Waals surface area contributed by atoms with E-state index in [4.69, 9.17) is 4.42 Å². The highest BCUT2D eigenvalue weighted by Crippen LogP contribution is 2.40. The van der Waals surface area contributed by atoms with Gasteiger partial charge in [0.2, 0.25) is 0 Å². The summed E-state index contributed by atoms with van der Waals surface area (Å²) >= 11 is 0. The van der Waals surface area contributed by atoms with Crippen LogP contribution in [0.1, 0.15) is 0 Å².